The molecule has 28 heavy (non-hydrogen) atoms. The van der Waals surface area contributed by atoms with E-state index in [4.69, 9.17) is 0 Å². The van der Waals surface area contributed by atoms with Crippen LogP contribution in [0.15, 0.2) is 65.6 Å². The van der Waals surface area contributed by atoms with Gasteiger partial charge in [0.05, 0.1) is 10.4 Å². The summed E-state index contributed by atoms with van der Waals surface area (Å²) < 4.78 is 27.8. The summed E-state index contributed by atoms with van der Waals surface area (Å²) in [7, 11) is -3.47. The van der Waals surface area contributed by atoms with Gasteiger partial charge < -0.3 is 5.32 Å². The summed E-state index contributed by atoms with van der Waals surface area (Å²) in [6.45, 7) is 3.28. The van der Waals surface area contributed by atoms with Gasteiger partial charge in [-0.3, -0.25) is 0 Å². The second-order valence-electron chi connectivity index (χ2n) is 7.35. The van der Waals surface area contributed by atoms with E-state index in [1.807, 2.05) is 37.3 Å². The van der Waals surface area contributed by atoms with Gasteiger partial charge in [0.1, 0.15) is 5.82 Å². The van der Waals surface area contributed by atoms with Gasteiger partial charge in [-0.1, -0.05) is 36.8 Å². The molecule has 1 saturated heterocycles. The Kier molecular flexibility index (Phi) is 5.33. The van der Waals surface area contributed by atoms with Crippen molar-refractivity contribution in [1.29, 1.82) is 0 Å². The molecule has 1 aliphatic heterocycles. The molecule has 1 fully saturated rings. The predicted molar refractivity (Wildman–Crippen MR) is 113 cm³/mol. The Bertz CT molecular complexity index is 1070. The topological polar surface area (TPSA) is 62.3 Å². The first-order chi connectivity index (χ1) is 13.5. The highest BCUT2D eigenvalue weighted by molar-refractivity contribution is 7.89. The Hall–Kier alpha value is -2.44. The number of piperidine rings is 1. The molecular formula is C22H25N3O2S. The number of aromatic nitrogens is 1. The van der Waals surface area contributed by atoms with Crippen LogP contribution in [0.3, 0.4) is 0 Å². The van der Waals surface area contributed by atoms with Crippen LogP contribution in [0, 0.1) is 0 Å². The van der Waals surface area contributed by atoms with Gasteiger partial charge in [0.15, 0.2) is 0 Å². The van der Waals surface area contributed by atoms with Crippen LogP contribution in [0.1, 0.15) is 31.7 Å². The van der Waals surface area contributed by atoms with Crippen molar-refractivity contribution in [3.8, 4) is 0 Å². The molecule has 1 N–H and O–H groups in total. The van der Waals surface area contributed by atoms with Crippen LogP contribution in [-0.4, -0.2) is 30.3 Å². The monoisotopic (exact) mass is 395 g/mol. The largest absolute Gasteiger partial charge is 0.366 e. The van der Waals surface area contributed by atoms with Crippen molar-refractivity contribution < 1.29 is 8.42 Å². The Labute approximate surface area is 166 Å². The zero-order chi connectivity index (χ0) is 19.6. The molecule has 4 rings (SSSR count). The van der Waals surface area contributed by atoms with Gasteiger partial charge >= 0.3 is 0 Å². The van der Waals surface area contributed by atoms with Gasteiger partial charge in [-0.25, -0.2) is 13.4 Å². The summed E-state index contributed by atoms with van der Waals surface area (Å²) in [6.07, 6.45) is 2.94. The van der Waals surface area contributed by atoms with E-state index < -0.39 is 10.0 Å². The third-order valence-corrected chi connectivity index (χ3v) is 7.34. The van der Waals surface area contributed by atoms with Crippen molar-refractivity contribution in [2.75, 3.05) is 11.9 Å². The van der Waals surface area contributed by atoms with Crippen molar-refractivity contribution in [3.63, 3.8) is 0 Å². The molecule has 146 valence electrons. The summed E-state index contributed by atoms with van der Waals surface area (Å²) in [6, 6.07) is 19.2. The van der Waals surface area contributed by atoms with Gasteiger partial charge in [0.2, 0.25) is 10.0 Å². The van der Waals surface area contributed by atoms with E-state index in [2.05, 4.69) is 22.4 Å². The molecule has 0 bridgehead atoms. The SMILES string of the molecule is CC1CCCCN1S(=O)(=O)c1ccc2nc(NCc3ccccc3)ccc2c1. The molecule has 2 heterocycles. The molecule has 0 saturated carbocycles. The van der Waals surface area contributed by atoms with E-state index in [1.165, 1.54) is 5.56 Å². The van der Waals surface area contributed by atoms with Crippen LogP contribution < -0.4 is 5.32 Å². The molecule has 1 aromatic heterocycles. The third-order valence-electron chi connectivity index (χ3n) is 5.33. The van der Waals surface area contributed by atoms with Crippen LogP contribution in [-0.2, 0) is 16.6 Å². The summed E-state index contributed by atoms with van der Waals surface area (Å²) in [5.74, 6) is 0.775. The lowest BCUT2D eigenvalue weighted by molar-refractivity contribution is 0.268. The van der Waals surface area contributed by atoms with Crippen LogP contribution in [0.2, 0.25) is 0 Å². The number of nitrogens with zero attached hydrogens (tertiary/aromatic N) is 2. The first-order valence-corrected chi connectivity index (χ1v) is 11.2. The smallest absolute Gasteiger partial charge is 0.243 e. The molecule has 0 spiro atoms. The number of pyridine rings is 1. The van der Waals surface area contributed by atoms with Gasteiger partial charge in [-0.2, -0.15) is 4.31 Å². The Morgan fingerprint density at radius 2 is 1.89 bits per heavy atom. The van der Waals surface area contributed by atoms with E-state index in [-0.39, 0.29) is 6.04 Å². The molecule has 1 atom stereocenters. The number of hydrogen-bond acceptors (Lipinski definition) is 4. The van der Waals surface area contributed by atoms with Crippen molar-refractivity contribution in [1.82, 2.24) is 9.29 Å². The first-order valence-electron chi connectivity index (χ1n) is 9.74. The number of fused-ring (bicyclic) bond motifs is 1. The van der Waals surface area contributed by atoms with Gasteiger partial charge in [-0.05, 0) is 55.7 Å². The molecule has 1 aliphatic rings. The molecule has 5 nitrogen and oxygen atoms in total. The normalized spacial score (nSPS) is 18.2. The van der Waals surface area contributed by atoms with Crippen molar-refractivity contribution in [3.05, 3.63) is 66.2 Å². The van der Waals surface area contributed by atoms with E-state index >= 15 is 0 Å². The third kappa shape index (κ3) is 3.88. The number of hydrogen-bond donors (Lipinski definition) is 1. The lowest BCUT2D eigenvalue weighted by Gasteiger charge is -2.32. The minimum atomic E-state index is -3.47. The zero-order valence-electron chi connectivity index (χ0n) is 16.0. The number of anilines is 1. The van der Waals surface area contributed by atoms with E-state index in [1.54, 1.807) is 22.5 Å². The van der Waals surface area contributed by atoms with E-state index in [0.29, 0.717) is 18.0 Å². The van der Waals surface area contributed by atoms with Gasteiger partial charge in [0.25, 0.3) is 0 Å². The minimum absolute atomic E-state index is 0.0529. The summed E-state index contributed by atoms with van der Waals surface area (Å²) in [4.78, 5) is 4.97. The fourth-order valence-electron chi connectivity index (χ4n) is 3.72. The molecule has 0 aliphatic carbocycles. The quantitative estimate of drug-likeness (QED) is 0.695. The van der Waals surface area contributed by atoms with Crippen LogP contribution in [0.25, 0.3) is 10.9 Å². The Morgan fingerprint density at radius 1 is 1.07 bits per heavy atom. The lowest BCUT2D eigenvalue weighted by Crippen LogP contribution is -2.41. The second-order valence-corrected chi connectivity index (χ2v) is 9.24. The van der Waals surface area contributed by atoms with E-state index in [0.717, 1.165) is 36.0 Å². The van der Waals surface area contributed by atoms with Crippen molar-refractivity contribution in [2.24, 2.45) is 0 Å². The maximum atomic E-state index is 13.1. The molecule has 0 radical (unpaired) electrons. The average molecular weight is 396 g/mol. The minimum Gasteiger partial charge on any atom is -0.366 e. The maximum absolute atomic E-state index is 13.1. The maximum Gasteiger partial charge on any atom is 0.243 e. The molecule has 1 unspecified atom stereocenters. The van der Waals surface area contributed by atoms with Crippen LogP contribution >= 0.6 is 0 Å². The number of benzene rings is 2. The number of sulfonamides is 1. The zero-order valence-corrected chi connectivity index (χ0v) is 16.8. The molecule has 0 amide bonds. The summed E-state index contributed by atoms with van der Waals surface area (Å²) in [5.41, 5.74) is 1.96. The van der Waals surface area contributed by atoms with E-state index in [9.17, 15) is 8.42 Å². The molecular weight excluding hydrogens is 370 g/mol. The molecule has 6 heteroatoms. The highest BCUT2D eigenvalue weighted by Gasteiger charge is 2.31. The molecule has 2 aromatic carbocycles. The van der Waals surface area contributed by atoms with Crippen molar-refractivity contribution in [2.45, 2.75) is 43.7 Å². The second kappa shape index (κ2) is 7.89. The highest BCUT2D eigenvalue weighted by Crippen LogP contribution is 2.27. The Balaban J connectivity index is 1.56. The van der Waals surface area contributed by atoms with Gasteiger partial charge in [0, 0.05) is 24.5 Å². The number of rotatable bonds is 5. The number of nitrogens with one attached hydrogen (secondary N) is 1. The highest BCUT2D eigenvalue weighted by atomic mass is 32.2. The predicted octanol–water partition coefficient (Wildman–Crippen LogP) is 4.41. The lowest BCUT2D eigenvalue weighted by atomic mass is 10.1. The van der Waals surface area contributed by atoms with Crippen molar-refractivity contribution >= 4 is 26.7 Å². The summed E-state index contributed by atoms with van der Waals surface area (Å²) >= 11 is 0. The van der Waals surface area contributed by atoms with Gasteiger partial charge in [-0.15, -0.1) is 0 Å². The summed E-state index contributed by atoms with van der Waals surface area (Å²) in [5, 5.41) is 4.15. The fourth-order valence-corrected chi connectivity index (χ4v) is 5.45. The molecule has 3 aromatic rings. The standard InChI is InChI=1S/C22H25N3O2S/c1-17-7-5-6-14-25(17)28(26,27)20-11-12-21-19(15-20)10-13-22(24-21)23-16-18-8-3-2-4-9-18/h2-4,8-13,15,17H,5-7,14,16H2,1H3,(H,23,24). The first kappa shape index (κ1) is 18.9. The fraction of sp³-hybridized carbons (Fsp3) is 0.318. The van der Waals surface area contributed by atoms with Crippen LogP contribution in [0.5, 0.6) is 0 Å². The van der Waals surface area contributed by atoms with Crippen LogP contribution in [0.4, 0.5) is 5.82 Å². The average Bonchev–Trinajstić information content (AvgIpc) is 2.72. The Morgan fingerprint density at radius 3 is 2.68 bits per heavy atom.